The Morgan fingerprint density at radius 2 is 1.74 bits per heavy atom. The lowest BCUT2D eigenvalue weighted by Crippen LogP contribution is -2.54. The van der Waals surface area contributed by atoms with Gasteiger partial charge in [-0.3, -0.25) is 48.8 Å². The van der Waals surface area contributed by atoms with Gasteiger partial charge in [0.25, 0.3) is 17.7 Å². The topological polar surface area (TPSA) is 191 Å². The van der Waals surface area contributed by atoms with Crippen LogP contribution < -0.4 is 16.0 Å². The van der Waals surface area contributed by atoms with E-state index in [0.717, 1.165) is 73.3 Å². The Morgan fingerprint density at radius 3 is 2.53 bits per heavy atom. The maximum absolute atomic E-state index is 13.3. The van der Waals surface area contributed by atoms with E-state index in [-0.39, 0.29) is 47.2 Å². The number of imide groups is 2. The molecule has 0 saturated carbocycles. The Labute approximate surface area is 330 Å². The normalized spacial score (nSPS) is 18.0. The number of anilines is 2. The van der Waals surface area contributed by atoms with Gasteiger partial charge in [0.2, 0.25) is 17.7 Å². The molecule has 1 fully saturated rings. The van der Waals surface area contributed by atoms with E-state index in [1.54, 1.807) is 12.3 Å². The predicted octanol–water partition coefficient (Wildman–Crippen LogP) is 4.89. The van der Waals surface area contributed by atoms with Crippen LogP contribution in [0, 0.1) is 5.41 Å². The van der Waals surface area contributed by atoms with Gasteiger partial charge in [-0.05, 0) is 87.7 Å². The lowest BCUT2D eigenvalue weighted by Gasteiger charge is -2.28. The molecule has 2 aromatic carbocycles. The van der Waals surface area contributed by atoms with Crippen molar-refractivity contribution in [2.75, 3.05) is 30.8 Å². The van der Waals surface area contributed by atoms with E-state index in [0.29, 0.717) is 29.9 Å². The zero-order valence-corrected chi connectivity index (χ0v) is 32.6. The molecule has 7 rings (SSSR count). The van der Waals surface area contributed by atoms with Gasteiger partial charge in [-0.15, -0.1) is 0 Å². The second kappa shape index (κ2) is 16.6. The molecule has 15 heteroatoms. The van der Waals surface area contributed by atoms with Crippen LogP contribution in [0.2, 0.25) is 0 Å². The van der Waals surface area contributed by atoms with Crippen LogP contribution in [0.5, 0.6) is 0 Å². The third-order valence-electron chi connectivity index (χ3n) is 11.2. The van der Waals surface area contributed by atoms with Gasteiger partial charge in [0.1, 0.15) is 6.04 Å². The van der Waals surface area contributed by atoms with Crippen LogP contribution in [0.3, 0.4) is 0 Å². The number of piperidine rings is 1. The monoisotopic (exact) mass is 775 g/mol. The average Bonchev–Trinajstić information content (AvgIpc) is 3.87. The van der Waals surface area contributed by atoms with Crippen LogP contribution in [0.4, 0.5) is 11.4 Å². The van der Waals surface area contributed by atoms with Crippen molar-refractivity contribution in [3.8, 4) is 0 Å². The molecule has 2 aromatic heterocycles. The summed E-state index contributed by atoms with van der Waals surface area (Å²) in [6, 6.07) is 13.6. The molecule has 1 saturated heterocycles. The van der Waals surface area contributed by atoms with Crippen LogP contribution in [0.1, 0.15) is 119 Å². The van der Waals surface area contributed by atoms with Gasteiger partial charge < -0.3 is 15.5 Å². The van der Waals surface area contributed by atoms with Crippen LogP contribution in [-0.2, 0) is 27.2 Å². The summed E-state index contributed by atoms with van der Waals surface area (Å²) in [5.41, 5.74) is 5.08. The average molecular weight is 776 g/mol. The van der Waals surface area contributed by atoms with Gasteiger partial charge in [0.05, 0.1) is 29.1 Å². The Kier molecular flexibility index (Phi) is 11.5. The number of aromatic nitrogens is 4. The van der Waals surface area contributed by atoms with Crippen LogP contribution in [-0.4, -0.2) is 91.4 Å². The molecule has 1 aliphatic carbocycles. The number of hydrogen-bond donors (Lipinski definition) is 4. The number of rotatable bonds is 15. The molecule has 4 aromatic rings. The number of nitrogens with one attached hydrogen (secondary N) is 4. The van der Waals surface area contributed by atoms with Crippen molar-refractivity contribution in [1.29, 1.82) is 0 Å². The van der Waals surface area contributed by atoms with E-state index in [2.05, 4.69) is 69.2 Å². The minimum absolute atomic E-state index is 0.0423. The molecular weight excluding hydrogens is 727 g/mol. The summed E-state index contributed by atoms with van der Waals surface area (Å²) in [7, 11) is 2.08. The quantitative estimate of drug-likeness (QED) is 0.0963. The maximum Gasteiger partial charge on any atom is 0.276 e. The number of fused-ring (bicyclic) bond motifs is 2. The lowest BCUT2D eigenvalue weighted by atomic mass is 9.76. The molecule has 2 atom stereocenters. The number of aromatic amines is 1. The summed E-state index contributed by atoms with van der Waals surface area (Å²) < 4.78 is 1.91. The van der Waals surface area contributed by atoms with Gasteiger partial charge >= 0.3 is 0 Å². The summed E-state index contributed by atoms with van der Waals surface area (Å²) in [6.07, 6.45) is 9.88. The summed E-state index contributed by atoms with van der Waals surface area (Å²) >= 11 is 0. The summed E-state index contributed by atoms with van der Waals surface area (Å²) in [6.45, 7) is 6.12. The van der Waals surface area contributed by atoms with Crippen molar-refractivity contribution in [2.24, 2.45) is 5.41 Å². The molecule has 2 aliphatic heterocycles. The van der Waals surface area contributed by atoms with E-state index in [9.17, 15) is 28.8 Å². The van der Waals surface area contributed by atoms with Crippen molar-refractivity contribution >= 4 is 46.8 Å². The summed E-state index contributed by atoms with van der Waals surface area (Å²) in [5.74, 6) is -2.75. The second-order valence-corrected chi connectivity index (χ2v) is 16.1. The maximum atomic E-state index is 13.3. The highest BCUT2D eigenvalue weighted by atomic mass is 16.2. The summed E-state index contributed by atoms with van der Waals surface area (Å²) in [4.78, 5) is 79.2. The molecule has 0 radical (unpaired) electrons. The fraction of sp³-hybridized carbons (Fsp3) is 0.429. The highest BCUT2D eigenvalue weighted by Gasteiger charge is 2.44. The van der Waals surface area contributed by atoms with Crippen LogP contribution in [0.25, 0.3) is 0 Å². The molecule has 3 aliphatic rings. The highest BCUT2D eigenvalue weighted by molar-refractivity contribution is 6.24. The molecule has 6 amide bonds. The van der Waals surface area contributed by atoms with E-state index >= 15 is 0 Å². The predicted molar refractivity (Wildman–Crippen MR) is 211 cm³/mol. The van der Waals surface area contributed by atoms with E-state index in [1.807, 2.05) is 29.1 Å². The molecule has 0 bridgehead atoms. The molecule has 57 heavy (non-hydrogen) atoms. The van der Waals surface area contributed by atoms with Crippen molar-refractivity contribution in [3.63, 3.8) is 0 Å². The minimum Gasteiger partial charge on any atom is -0.326 e. The molecule has 298 valence electrons. The van der Waals surface area contributed by atoms with Gasteiger partial charge in [-0.25, -0.2) is 0 Å². The fourth-order valence-electron chi connectivity index (χ4n) is 8.00. The number of H-pyrrole nitrogens is 1. The number of benzene rings is 2. The Balaban J connectivity index is 0.859. The van der Waals surface area contributed by atoms with E-state index < -0.39 is 29.7 Å². The third kappa shape index (κ3) is 8.88. The van der Waals surface area contributed by atoms with Crippen molar-refractivity contribution < 1.29 is 28.8 Å². The van der Waals surface area contributed by atoms with Crippen molar-refractivity contribution in [3.05, 3.63) is 94.6 Å². The van der Waals surface area contributed by atoms with Gasteiger partial charge in [0.15, 0.2) is 5.69 Å². The van der Waals surface area contributed by atoms with Crippen molar-refractivity contribution in [2.45, 2.75) is 90.1 Å². The number of carbonyl (C=O) groups excluding carboxylic acids is 6. The molecule has 1 unspecified atom stereocenters. The van der Waals surface area contributed by atoms with Gasteiger partial charge in [-0.2, -0.15) is 10.2 Å². The Morgan fingerprint density at radius 1 is 0.947 bits per heavy atom. The lowest BCUT2D eigenvalue weighted by molar-refractivity contribution is -0.136. The highest BCUT2D eigenvalue weighted by Crippen LogP contribution is 2.35. The smallest absolute Gasteiger partial charge is 0.276 e. The number of amides is 6. The SMILES string of the molecule is CN(CCCCCC(=O)Nc1ccc2c(c1)C(=O)N(C1CCC(=O)NC1=O)C2=O)CC[C@@H](c1ccccc1)n1cc(NC(=O)c2n[nH]c3c2CCC(C)(C)C3)cn1. The first-order valence-corrected chi connectivity index (χ1v) is 19.7. The number of nitrogens with zero attached hydrogens (tertiary/aromatic N) is 5. The van der Waals surface area contributed by atoms with Crippen LogP contribution >= 0.6 is 0 Å². The van der Waals surface area contributed by atoms with Crippen molar-refractivity contribution in [1.82, 2.24) is 35.1 Å². The Hall–Kier alpha value is -5.96. The van der Waals surface area contributed by atoms with E-state index in [4.69, 9.17) is 0 Å². The molecule has 0 spiro atoms. The van der Waals surface area contributed by atoms with E-state index in [1.165, 1.54) is 12.1 Å². The third-order valence-corrected chi connectivity index (χ3v) is 11.2. The number of hydrogen-bond acceptors (Lipinski definition) is 9. The number of unbranched alkanes of at least 4 members (excludes halogenated alkanes) is 2. The first-order chi connectivity index (χ1) is 27.4. The largest absolute Gasteiger partial charge is 0.326 e. The molecule has 15 nitrogen and oxygen atoms in total. The van der Waals surface area contributed by atoms with Gasteiger partial charge in [-0.1, -0.05) is 50.6 Å². The van der Waals surface area contributed by atoms with Gasteiger partial charge in [0, 0.05) is 42.5 Å². The number of carbonyl (C=O) groups is 6. The Bertz CT molecular complexity index is 2190. The standard InChI is InChI=1S/C42H49N9O6/c1-42(2)19-17-30-32(23-42)47-48-37(30)39(55)45-28-24-43-50(25-28)33(26-10-6-4-7-11-26)18-21-49(3)20-9-5-8-12-35(52)44-27-13-14-29-31(22-27)41(57)51(40(29)56)34-15-16-36(53)46-38(34)54/h4,6-7,10-11,13-14,22,24-25,33-34H,5,8-9,12,15-21,23H2,1-3H3,(H,44,52)(H,45,55)(H,47,48)(H,46,53,54)/t33-,34?/m0/s1. The molecular formula is C42H49N9O6. The fourth-order valence-corrected chi connectivity index (χ4v) is 8.00. The minimum atomic E-state index is -1.05. The molecule has 4 heterocycles. The second-order valence-electron chi connectivity index (χ2n) is 16.1. The zero-order chi connectivity index (χ0) is 40.3. The molecule has 4 N–H and O–H groups in total. The first kappa shape index (κ1) is 39.3. The first-order valence-electron chi connectivity index (χ1n) is 19.7. The summed E-state index contributed by atoms with van der Waals surface area (Å²) in [5, 5.41) is 20.1. The zero-order valence-electron chi connectivity index (χ0n) is 32.6. The van der Waals surface area contributed by atoms with Crippen LogP contribution in [0.15, 0.2) is 60.9 Å².